The van der Waals surface area contributed by atoms with Crippen LogP contribution in [0.3, 0.4) is 0 Å². The van der Waals surface area contributed by atoms with Gasteiger partial charge < -0.3 is 10.3 Å². The Bertz CT molecular complexity index is 476. The fourth-order valence-corrected chi connectivity index (χ4v) is 2.00. The van der Waals surface area contributed by atoms with Crippen molar-refractivity contribution in [3.63, 3.8) is 0 Å². The third-order valence-corrected chi connectivity index (χ3v) is 2.82. The quantitative estimate of drug-likeness (QED) is 0.849. The Kier molecular flexibility index (Phi) is 2.91. The number of nitrogen functional groups attached to an aromatic ring is 1. The van der Waals surface area contributed by atoms with Crippen molar-refractivity contribution >= 4 is 5.69 Å². The molecule has 94 valence electrons. The van der Waals surface area contributed by atoms with E-state index in [1.807, 2.05) is 6.92 Å². The SMILES string of the molecule is Cc1cc(N)c(=O)n(CCN2CC(F)(F)C2)c1. The van der Waals surface area contributed by atoms with Crippen molar-refractivity contribution in [2.45, 2.75) is 19.4 Å². The van der Waals surface area contributed by atoms with Gasteiger partial charge in [-0.3, -0.25) is 9.69 Å². The molecule has 2 N–H and O–H groups in total. The minimum absolute atomic E-state index is 0.193. The Morgan fingerprint density at radius 1 is 1.41 bits per heavy atom. The molecule has 4 nitrogen and oxygen atoms in total. The van der Waals surface area contributed by atoms with E-state index in [4.69, 9.17) is 5.73 Å². The minimum atomic E-state index is -2.56. The van der Waals surface area contributed by atoms with Gasteiger partial charge in [-0.1, -0.05) is 0 Å². The van der Waals surface area contributed by atoms with Crippen LogP contribution in [0, 0.1) is 6.92 Å². The number of hydrogen-bond donors (Lipinski definition) is 1. The molecule has 2 heterocycles. The smallest absolute Gasteiger partial charge is 0.273 e. The van der Waals surface area contributed by atoms with Gasteiger partial charge in [-0.2, -0.15) is 0 Å². The third kappa shape index (κ3) is 2.63. The molecule has 0 radical (unpaired) electrons. The van der Waals surface area contributed by atoms with Gasteiger partial charge in [0.2, 0.25) is 0 Å². The number of alkyl halides is 2. The molecule has 2 rings (SSSR count). The van der Waals surface area contributed by atoms with E-state index in [1.165, 1.54) is 4.57 Å². The van der Waals surface area contributed by atoms with Crippen molar-refractivity contribution in [3.8, 4) is 0 Å². The van der Waals surface area contributed by atoms with Crippen LogP contribution in [0.5, 0.6) is 0 Å². The molecule has 0 spiro atoms. The highest BCUT2D eigenvalue weighted by Crippen LogP contribution is 2.25. The van der Waals surface area contributed by atoms with Crippen LogP contribution in [0.1, 0.15) is 5.56 Å². The van der Waals surface area contributed by atoms with Gasteiger partial charge in [0.15, 0.2) is 0 Å². The Morgan fingerprint density at radius 3 is 2.65 bits per heavy atom. The fourth-order valence-electron chi connectivity index (χ4n) is 2.00. The molecular formula is C11H15F2N3O. The first-order chi connectivity index (χ1) is 7.87. The van der Waals surface area contributed by atoms with Crippen LogP contribution in [0.15, 0.2) is 17.1 Å². The summed E-state index contributed by atoms with van der Waals surface area (Å²) in [5, 5.41) is 0. The second kappa shape index (κ2) is 4.10. The summed E-state index contributed by atoms with van der Waals surface area (Å²) in [6.07, 6.45) is 1.69. The van der Waals surface area contributed by atoms with E-state index >= 15 is 0 Å². The van der Waals surface area contributed by atoms with Crippen LogP contribution in [0.2, 0.25) is 0 Å². The molecule has 1 aliphatic heterocycles. The number of likely N-dealkylation sites (tertiary alicyclic amines) is 1. The first-order valence-corrected chi connectivity index (χ1v) is 5.44. The Labute approximate surface area is 97.6 Å². The molecule has 0 aromatic carbocycles. The topological polar surface area (TPSA) is 51.3 Å². The maximum absolute atomic E-state index is 12.6. The molecule has 1 saturated heterocycles. The monoisotopic (exact) mass is 243 g/mol. The number of nitrogens with zero attached hydrogens (tertiary/aromatic N) is 2. The van der Waals surface area contributed by atoms with Gasteiger partial charge >= 0.3 is 0 Å². The van der Waals surface area contributed by atoms with Gasteiger partial charge in [-0.25, -0.2) is 8.78 Å². The van der Waals surface area contributed by atoms with Crippen molar-refractivity contribution < 1.29 is 8.78 Å². The van der Waals surface area contributed by atoms with Crippen LogP contribution in [0.4, 0.5) is 14.5 Å². The summed E-state index contributed by atoms with van der Waals surface area (Å²) in [6, 6.07) is 1.61. The third-order valence-electron chi connectivity index (χ3n) is 2.82. The first kappa shape index (κ1) is 12.0. The molecule has 1 aromatic heterocycles. The van der Waals surface area contributed by atoms with Gasteiger partial charge in [0.05, 0.1) is 18.8 Å². The Balaban J connectivity index is 1.98. The summed E-state index contributed by atoms with van der Waals surface area (Å²) in [6.45, 7) is 2.23. The maximum Gasteiger partial charge on any atom is 0.273 e. The number of aryl methyl sites for hydroxylation is 1. The number of hydrogen-bond acceptors (Lipinski definition) is 3. The summed E-state index contributed by atoms with van der Waals surface area (Å²) in [7, 11) is 0. The van der Waals surface area contributed by atoms with Crippen LogP contribution in [-0.4, -0.2) is 35.0 Å². The zero-order valence-corrected chi connectivity index (χ0v) is 9.62. The zero-order valence-electron chi connectivity index (χ0n) is 9.62. The first-order valence-electron chi connectivity index (χ1n) is 5.44. The maximum atomic E-state index is 12.6. The molecule has 1 aromatic rings. The Hall–Kier alpha value is -1.43. The molecule has 0 aliphatic carbocycles. The number of rotatable bonds is 3. The number of aromatic nitrogens is 1. The average Bonchev–Trinajstić information content (AvgIpc) is 2.18. The molecule has 17 heavy (non-hydrogen) atoms. The molecule has 0 unspecified atom stereocenters. The van der Waals surface area contributed by atoms with Gasteiger partial charge in [-0.05, 0) is 18.6 Å². The van der Waals surface area contributed by atoms with E-state index in [9.17, 15) is 13.6 Å². The summed E-state index contributed by atoms with van der Waals surface area (Å²) in [5.41, 5.74) is 6.37. The van der Waals surface area contributed by atoms with Crippen molar-refractivity contribution in [1.82, 2.24) is 9.47 Å². The van der Waals surface area contributed by atoms with Crippen LogP contribution >= 0.6 is 0 Å². The lowest BCUT2D eigenvalue weighted by Crippen LogP contribution is -2.56. The summed E-state index contributed by atoms with van der Waals surface area (Å²) < 4.78 is 26.7. The normalized spacial score (nSPS) is 19.0. The lowest BCUT2D eigenvalue weighted by atomic mass is 10.1. The number of pyridine rings is 1. The summed E-state index contributed by atoms with van der Waals surface area (Å²) in [4.78, 5) is 13.3. The lowest BCUT2D eigenvalue weighted by molar-refractivity contribution is -0.131. The highest BCUT2D eigenvalue weighted by molar-refractivity contribution is 5.37. The van der Waals surface area contributed by atoms with Gasteiger partial charge in [0.1, 0.15) is 0 Å². The highest BCUT2D eigenvalue weighted by atomic mass is 19.3. The second-order valence-electron chi connectivity index (χ2n) is 4.54. The van der Waals surface area contributed by atoms with Crippen LogP contribution in [-0.2, 0) is 6.54 Å². The number of nitrogens with two attached hydrogens (primary N) is 1. The van der Waals surface area contributed by atoms with Crippen molar-refractivity contribution in [1.29, 1.82) is 0 Å². The van der Waals surface area contributed by atoms with Crippen molar-refractivity contribution in [2.75, 3.05) is 25.4 Å². The number of anilines is 1. The predicted molar refractivity (Wildman–Crippen MR) is 61.2 cm³/mol. The Morgan fingerprint density at radius 2 is 2.06 bits per heavy atom. The number of halogens is 2. The molecule has 6 heteroatoms. The molecule has 0 bridgehead atoms. The average molecular weight is 243 g/mol. The lowest BCUT2D eigenvalue weighted by Gasteiger charge is -2.38. The van der Waals surface area contributed by atoms with Gasteiger partial charge in [-0.15, -0.1) is 0 Å². The molecular weight excluding hydrogens is 228 g/mol. The standard InChI is InChI=1S/C11H15F2N3O/c1-8-4-9(14)10(17)16(5-8)3-2-15-6-11(12,13)7-15/h4-5H,2-3,6-7,14H2,1H3. The van der Waals surface area contributed by atoms with Crippen LogP contribution in [0.25, 0.3) is 0 Å². The largest absolute Gasteiger partial charge is 0.394 e. The van der Waals surface area contributed by atoms with E-state index in [0.29, 0.717) is 13.1 Å². The molecule has 0 atom stereocenters. The van der Waals surface area contributed by atoms with E-state index in [0.717, 1.165) is 5.56 Å². The van der Waals surface area contributed by atoms with Gasteiger partial charge in [0.25, 0.3) is 11.5 Å². The molecule has 0 saturated carbocycles. The van der Waals surface area contributed by atoms with E-state index < -0.39 is 5.92 Å². The molecule has 1 fully saturated rings. The van der Waals surface area contributed by atoms with Gasteiger partial charge in [0, 0.05) is 19.3 Å². The molecule has 0 amide bonds. The highest BCUT2D eigenvalue weighted by Gasteiger charge is 2.43. The summed E-state index contributed by atoms with van der Waals surface area (Å²) in [5.74, 6) is -2.56. The van der Waals surface area contributed by atoms with E-state index in [1.54, 1.807) is 17.2 Å². The van der Waals surface area contributed by atoms with E-state index in [-0.39, 0.29) is 24.3 Å². The molecule has 1 aliphatic rings. The predicted octanol–water partition coefficient (Wildman–Crippen LogP) is 0.690. The zero-order chi connectivity index (χ0) is 12.6. The van der Waals surface area contributed by atoms with Crippen molar-refractivity contribution in [2.24, 2.45) is 0 Å². The summed E-state index contributed by atoms with van der Waals surface area (Å²) >= 11 is 0. The second-order valence-corrected chi connectivity index (χ2v) is 4.54. The fraction of sp³-hybridized carbons (Fsp3) is 0.545. The minimum Gasteiger partial charge on any atom is -0.394 e. The van der Waals surface area contributed by atoms with Crippen LogP contribution < -0.4 is 11.3 Å². The van der Waals surface area contributed by atoms with E-state index in [2.05, 4.69) is 0 Å². The van der Waals surface area contributed by atoms with Crippen molar-refractivity contribution in [3.05, 3.63) is 28.2 Å².